The van der Waals surface area contributed by atoms with E-state index in [0.29, 0.717) is 45.1 Å². The molecule has 0 aliphatic carbocycles. The van der Waals surface area contributed by atoms with Gasteiger partial charge in [-0.2, -0.15) is 29.9 Å². The van der Waals surface area contributed by atoms with Crippen molar-refractivity contribution in [2.45, 2.75) is 129 Å². The second-order valence-electron chi connectivity index (χ2n) is 25.8. The van der Waals surface area contributed by atoms with E-state index in [4.69, 9.17) is 51.4 Å². The third-order valence-corrected chi connectivity index (χ3v) is 17.8. The molecule has 0 spiro atoms. The van der Waals surface area contributed by atoms with Crippen LogP contribution in [-0.2, 0) is 64.4 Å². The number of aromatic nitrogens is 16. The number of fused-ring (bicyclic) bond motifs is 4. The van der Waals surface area contributed by atoms with Gasteiger partial charge in [0.25, 0.3) is 22.9 Å². The first-order valence-corrected chi connectivity index (χ1v) is 35.1. The topological polar surface area (TPSA) is 621 Å². The van der Waals surface area contributed by atoms with Crippen LogP contribution in [0.3, 0.4) is 0 Å². The van der Waals surface area contributed by atoms with E-state index in [-0.39, 0.29) is 155 Å². The van der Waals surface area contributed by atoms with E-state index < -0.39 is 102 Å². The number of aliphatic carboxylic acids is 2. The number of carboxylic acid groups (broad SMARTS) is 2. The Morgan fingerprint density at radius 2 is 0.983 bits per heavy atom. The van der Waals surface area contributed by atoms with E-state index in [9.17, 15) is 58.8 Å². The van der Waals surface area contributed by atoms with Gasteiger partial charge < -0.3 is 93.0 Å². The maximum Gasteiger partial charge on any atom is 0.326 e. The van der Waals surface area contributed by atoms with Crippen molar-refractivity contribution in [2.24, 2.45) is 0 Å². The molecule has 18 N–H and O–H groups in total. The van der Waals surface area contributed by atoms with Crippen LogP contribution in [-0.4, -0.2) is 185 Å². The van der Waals surface area contributed by atoms with Crippen molar-refractivity contribution in [1.29, 1.82) is 0 Å². The molecule has 2 aliphatic rings. The number of carbonyl (C=O) groups is 6. The third kappa shape index (κ3) is 20.2. The lowest BCUT2D eigenvalue weighted by Crippen LogP contribution is -2.41. The highest BCUT2D eigenvalue weighted by molar-refractivity contribution is 5.98. The van der Waals surface area contributed by atoms with Crippen molar-refractivity contribution in [3.8, 4) is 11.8 Å². The predicted molar refractivity (Wildman–Crippen MR) is 414 cm³/mol. The second-order valence-corrected chi connectivity index (χ2v) is 25.8. The van der Waals surface area contributed by atoms with Crippen molar-refractivity contribution in [3.05, 3.63) is 189 Å². The van der Waals surface area contributed by atoms with Gasteiger partial charge in [-0.25, -0.2) is 39.5 Å². The maximum absolute atomic E-state index is 13.0. The maximum atomic E-state index is 13.0. The molecule has 42 nitrogen and oxygen atoms in total. The number of carboxylic acids is 2. The van der Waals surface area contributed by atoms with Gasteiger partial charge in [0.15, 0.2) is 44.7 Å². The molecule has 2 fully saturated rings. The Morgan fingerprint density at radius 3 is 1.43 bits per heavy atom. The zero-order valence-electron chi connectivity index (χ0n) is 59.9. The summed E-state index contributed by atoms with van der Waals surface area (Å²) in [4.78, 5) is 155. The molecule has 0 bridgehead atoms. The number of aliphatic hydroxyl groups excluding tert-OH is 2. The Hall–Kier alpha value is -14.5. The summed E-state index contributed by atoms with van der Waals surface area (Å²) >= 11 is 0. The number of ether oxygens (including phenoxy) is 6. The smallest absolute Gasteiger partial charge is 0.326 e. The number of benzene rings is 4. The summed E-state index contributed by atoms with van der Waals surface area (Å²) in [5.41, 5.74) is 27.9. The first-order valence-electron chi connectivity index (χ1n) is 35.1. The van der Waals surface area contributed by atoms with Gasteiger partial charge in [0.05, 0.1) is 62.2 Å². The molecule has 12 aromatic rings. The SMILES string of the molecule is C.C.Nc1nc(OCc2ccccc2)c2ncn([C@H]3CC(O)[C@@H](COC(=O)CC[C@H](NC(=O)c4ccc(NCc5cnc6nc(N)[nH]c(=O)c6n5)cc4)C(=O)O)O3)c2n1.Nc1nc(OCc2ccccc2)c2ncn([C@H]3CC(OC(=O)CC[C@H](NC(=O)c4ccc(NCc5cnc6nc(N)[nH]c(=O)c6n5)cc4)C(=O)O)[C@@H](CO)O3)c2n1. The first-order chi connectivity index (χ1) is 55.0. The molecule has 0 radical (unpaired) electrons. The fourth-order valence-corrected chi connectivity index (χ4v) is 12.1. The summed E-state index contributed by atoms with van der Waals surface area (Å²) in [7, 11) is 0. The summed E-state index contributed by atoms with van der Waals surface area (Å²) < 4.78 is 37.9. The monoisotopic (exact) mass is 1590 g/mol. The van der Waals surface area contributed by atoms with Gasteiger partial charge >= 0.3 is 23.9 Å². The van der Waals surface area contributed by atoms with Gasteiger partial charge in [0, 0.05) is 48.2 Å². The number of H-pyrrole nitrogens is 2. The fourth-order valence-electron chi connectivity index (χ4n) is 12.1. The Kier molecular flexibility index (Phi) is 26.4. The number of anilines is 6. The molecule has 2 saturated heterocycles. The average molecular weight is 1590 g/mol. The van der Waals surface area contributed by atoms with E-state index in [1.54, 1.807) is 33.4 Å². The van der Waals surface area contributed by atoms with E-state index in [2.05, 4.69) is 91.0 Å². The highest BCUT2D eigenvalue weighted by atomic mass is 16.6. The number of esters is 2. The zero-order valence-corrected chi connectivity index (χ0v) is 59.9. The summed E-state index contributed by atoms with van der Waals surface area (Å²) in [5, 5.41) is 51.4. The number of nitrogens with two attached hydrogens (primary N) is 4. The molecular formula is C74H80N24O18. The molecule has 2 unspecified atom stereocenters. The van der Waals surface area contributed by atoms with Crippen LogP contribution in [0.2, 0.25) is 0 Å². The summed E-state index contributed by atoms with van der Waals surface area (Å²) in [5.74, 6) is -5.43. The molecule has 8 atom stereocenters. The lowest BCUT2D eigenvalue weighted by molar-refractivity contribution is -0.154. The normalized spacial score (nSPS) is 16.7. The lowest BCUT2D eigenvalue weighted by atomic mass is 10.1. The number of hydrogen-bond acceptors (Lipinski definition) is 34. The van der Waals surface area contributed by atoms with Crippen LogP contribution in [0.4, 0.5) is 35.2 Å². The van der Waals surface area contributed by atoms with Crippen LogP contribution in [0, 0.1) is 0 Å². The van der Waals surface area contributed by atoms with Gasteiger partial charge in [0.1, 0.15) is 62.7 Å². The van der Waals surface area contributed by atoms with Crippen molar-refractivity contribution < 1.29 is 77.6 Å². The number of aliphatic hydroxyl groups is 2. The van der Waals surface area contributed by atoms with Gasteiger partial charge in [-0.05, 0) is 72.5 Å². The molecule has 14 rings (SSSR count). The lowest BCUT2D eigenvalue weighted by Gasteiger charge is -2.18. The Bertz CT molecular complexity index is 5650. The zero-order chi connectivity index (χ0) is 80.1. The van der Waals surface area contributed by atoms with Crippen LogP contribution in [0.15, 0.2) is 144 Å². The number of hydrogen-bond donors (Lipinski definition) is 14. The quantitative estimate of drug-likeness (QED) is 0.0287. The third-order valence-electron chi connectivity index (χ3n) is 17.8. The predicted octanol–water partition coefficient (Wildman–Crippen LogP) is 3.40. The van der Waals surface area contributed by atoms with Crippen LogP contribution < -0.4 is 64.8 Å². The fraction of sp³-hybridized carbons (Fsp3) is 0.297. The standard InChI is InChI=1S/2C36H36N12O9.2CH4/c37-35-44-29-27(32(52)46-35)42-21(14-40-29)13-39-20-8-6-19(7-9-20)31(51)43-22(34(53)54)10-11-26(50)57-23-12-25(56-24(23)15-49)48-17-41-28-30(48)45-36(38)47-33(28)55-16-18-4-2-1-3-5-18;37-35-44-29-27(32(52)46-35)42-21(14-40-29)13-39-20-8-6-19(7-9-20)31(51)43-22(34(53)54)10-11-26(50)55-16-24-23(49)12-25(57-24)48-17-41-28-30(48)45-36(38)47-33(28)56-15-18-4-2-1-3-5-18;;/h2*1-9,14,17,22-25,39,49H,10-13,15-16H2,(H,43,51)(H,53,54)(H2,38,45,47)(H3,37,40,44,46,52);2*1H4/t2*22-,23?,24+,25+;;/m00../s1. The second kappa shape index (κ2) is 37.2. The highest BCUT2D eigenvalue weighted by Gasteiger charge is 2.41. The number of aromatic amines is 2. The molecular weight excluding hydrogens is 1510 g/mol. The number of rotatable bonds is 30. The molecule has 0 saturated carbocycles. The number of amides is 2. The number of nitrogens with zero attached hydrogens (tertiary/aromatic N) is 14. The molecule has 2 aliphatic heterocycles. The molecule has 42 heteroatoms. The minimum Gasteiger partial charge on any atom is -0.480 e. The summed E-state index contributed by atoms with van der Waals surface area (Å²) in [6.07, 6.45) is -0.377. The molecule has 2 amide bonds. The van der Waals surface area contributed by atoms with Crippen molar-refractivity contribution in [1.82, 2.24) is 89.5 Å². The number of carbonyl (C=O) groups excluding carboxylic acids is 4. The molecule has 604 valence electrons. The Balaban J connectivity index is 0.000000224. The van der Waals surface area contributed by atoms with Gasteiger partial charge in [-0.15, -0.1) is 0 Å². The minimum absolute atomic E-state index is 0. The molecule has 116 heavy (non-hydrogen) atoms. The summed E-state index contributed by atoms with van der Waals surface area (Å²) in [6, 6.07) is 28.5. The first kappa shape index (κ1) is 82.4. The van der Waals surface area contributed by atoms with E-state index in [0.717, 1.165) is 11.1 Å². The number of nitrogen functional groups attached to an aromatic ring is 4. The van der Waals surface area contributed by atoms with E-state index in [1.165, 1.54) is 49.3 Å². The number of nitrogens with one attached hydrogen (secondary N) is 6. The number of imidazole rings is 2. The molecule has 10 heterocycles. The largest absolute Gasteiger partial charge is 0.480 e. The van der Waals surface area contributed by atoms with Gasteiger partial charge in [-0.3, -0.25) is 47.9 Å². The highest BCUT2D eigenvalue weighted by Crippen LogP contribution is 2.36. The Morgan fingerprint density at radius 1 is 0.543 bits per heavy atom. The van der Waals surface area contributed by atoms with Crippen molar-refractivity contribution in [2.75, 3.05) is 46.8 Å². The van der Waals surface area contributed by atoms with Crippen LogP contribution in [0.5, 0.6) is 11.8 Å². The van der Waals surface area contributed by atoms with Crippen molar-refractivity contribution >= 4 is 116 Å². The van der Waals surface area contributed by atoms with Crippen molar-refractivity contribution in [3.63, 3.8) is 0 Å². The van der Waals surface area contributed by atoms with Crippen LogP contribution >= 0.6 is 0 Å². The van der Waals surface area contributed by atoms with Crippen LogP contribution in [0.1, 0.15) is 109 Å². The van der Waals surface area contributed by atoms with Crippen LogP contribution in [0.25, 0.3) is 44.7 Å². The van der Waals surface area contributed by atoms with Gasteiger partial charge in [0.2, 0.25) is 35.6 Å². The average Bonchev–Trinajstić information content (AvgIpc) is 1.56. The minimum atomic E-state index is -1.41. The van der Waals surface area contributed by atoms with E-state index >= 15 is 0 Å². The molecule has 4 aromatic carbocycles. The molecule has 8 aromatic heterocycles. The summed E-state index contributed by atoms with van der Waals surface area (Å²) in [6.45, 7) is 0.0462. The van der Waals surface area contributed by atoms with Gasteiger partial charge in [-0.1, -0.05) is 75.5 Å². The Labute approximate surface area is 655 Å². The van der Waals surface area contributed by atoms with E-state index in [1.807, 2.05) is 60.7 Å².